The highest BCUT2D eigenvalue weighted by atomic mass is 19.1. The van der Waals surface area contributed by atoms with Crippen LogP contribution in [0.15, 0.2) is 41.5 Å². The molecule has 15 atom stereocenters. The third-order valence-electron chi connectivity index (χ3n) is 14.8. The van der Waals surface area contributed by atoms with Gasteiger partial charge in [0.1, 0.15) is 36.0 Å². The van der Waals surface area contributed by atoms with Gasteiger partial charge < -0.3 is 48.6 Å². The summed E-state index contributed by atoms with van der Waals surface area (Å²) in [6, 6.07) is 3.23. The molecule has 67 heavy (non-hydrogen) atoms. The number of aliphatic hydroxyl groups excluding tert-OH is 2. The molecule has 4 aliphatic rings. The molecule has 15 unspecified atom stereocenters. The van der Waals surface area contributed by atoms with E-state index in [4.69, 9.17) is 28.4 Å². The Kier molecular flexibility index (Phi) is 19.9. The van der Waals surface area contributed by atoms with Crippen molar-refractivity contribution in [1.82, 2.24) is 4.90 Å². The fourth-order valence-corrected chi connectivity index (χ4v) is 10.8. The molecule has 0 radical (unpaired) electrons. The minimum Gasteiger partial charge on any atom is -0.456 e. The van der Waals surface area contributed by atoms with Crippen molar-refractivity contribution in [3.05, 3.63) is 58.4 Å². The molecule has 1 amide bonds. The first kappa shape index (κ1) is 54.5. The van der Waals surface area contributed by atoms with E-state index in [0.29, 0.717) is 68.1 Å². The third kappa shape index (κ3) is 13.5. The highest BCUT2D eigenvalue weighted by Gasteiger charge is 2.56. The van der Waals surface area contributed by atoms with Crippen LogP contribution < -0.4 is 0 Å². The number of carbonyl (C=O) groups is 4. The number of Topliss-reactive ketones (excluding diaryl/α,β-unsaturated/α-hetero) is 2. The van der Waals surface area contributed by atoms with Crippen molar-refractivity contribution >= 4 is 23.4 Å². The van der Waals surface area contributed by atoms with Gasteiger partial charge in [-0.2, -0.15) is 0 Å². The molecule has 3 fully saturated rings. The summed E-state index contributed by atoms with van der Waals surface area (Å²) in [4.78, 5) is 58.4. The number of hydrogen-bond donors (Lipinski definition) is 3. The van der Waals surface area contributed by atoms with Gasteiger partial charge in [-0.05, 0) is 126 Å². The quantitative estimate of drug-likeness (QED) is 0.128. The summed E-state index contributed by atoms with van der Waals surface area (Å²) in [6.45, 7) is 12.9. The minimum atomic E-state index is -2.53. The van der Waals surface area contributed by atoms with Gasteiger partial charge in [0.2, 0.25) is 5.79 Å². The molecular formula is C52H78FNO13. The largest absolute Gasteiger partial charge is 0.456 e. The topological polar surface area (TPSA) is 188 Å². The molecule has 2 saturated heterocycles. The second-order valence-electron chi connectivity index (χ2n) is 20.0. The Labute approximate surface area is 396 Å². The van der Waals surface area contributed by atoms with E-state index in [1.165, 1.54) is 31.3 Å². The number of benzene rings is 1. The Morgan fingerprint density at radius 3 is 2.27 bits per heavy atom. The SMILES string of the molecule is CCC1C=C(C)CC(C)CC(OC)C2OC(O)(C(=O)C(=O)N3CCCCC3C(=O)OC(C(C)=CC3CCC(OCC(O)c4cc(C)cc(F)c4)C(OC)C3)C(C)C(O)CC1=O)C(C)CC2OC. The van der Waals surface area contributed by atoms with Crippen LogP contribution >= 0.6 is 0 Å². The van der Waals surface area contributed by atoms with Crippen LogP contribution in [0.3, 0.4) is 0 Å². The Bertz CT molecular complexity index is 1900. The molecule has 3 heterocycles. The molecule has 2 bridgehead atoms. The molecule has 0 aromatic heterocycles. The van der Waals surface area contributed by atoms with Gasteiger partial charge in [0.25, 0.3) is 11.7 Å². The Morgan fingerprint density at radius 1 is 0.925 bits per heavy atom. The summed E-state index contributed by atoms with van der Waals surface area (Å²) in [5.74, 6) is -8.26. The average molecular weight is 944 g/mol. The second kappa shape index (κ2) is 24.4. The number of methoxy groups -OCH3 is 3. The molecule has 5 rings (SSSR count). The average Bonchev–Trinajstić information content (AvgIpc) is 3.30. The molecule has 15 heteroatoms. The van der Waals surface area contributed by atoms with E-state index in [1.54, 1.807) is 33.9 Å². The lowest BCUT2D eigenvalue weighted by molar-refractivity contribution is -0.302. The van der Waals surface area contributed by atoms with Gasteiger partial charge in [-0.3, -0.25) is 14.4 Å². The first-order chi connectivity index (χ1) is 31.7. The van der Waals surface area contributed by atoms with E-state index < -0.39 is 89.7 Å². The number of nitrogens with zero attached hydrogens (tertiary/aromatic N) is 1. The predicted octanol–water partition coefficient (Wildman–Crippen LogP) is 6.68. The number of hydrogen-bond acceptors (Lipinski definition) is 13. The number of aliphatic hydroxyl groups is 3. The van der Waals surface area contributed by atoms with Crippen LogP contribution in [0.5, 0.6) is 0 Å². The minimum absolute atomic E-state index is 0.0120. The normalized spacial score (nSPS) is 36.4. The second-order valence-corrected chi connectivity index (χ2v) is 20.0. The van der Waals surface area contributed by atoms with Crippen molar-refractivity contribution < 1.29 is 67.3 Å². The van der Waals surface area contributed by atoms with Gasteiger partial charge in [-0.15, -0.1) is 0 Å². The lowest BCUT2D eigenvalue weighted by Gasteiger charge is -2.47. The van der Waals surface area contributed by atoms with E-state index in [2.05, 4.69) is 0 Å². The summed E-state index contributed by atoms with van der Waals surface area (Å²) in [7, 11) is 4.64. The van der Waals surface area contributed by atoms with E-state index in [0.717, 1.165) is 5.57 Å². The Hall–Kier alpha value is -3.41. The van der Waals surface area contributed by atoms with Gasteiger partial charge in [0.05, 0.1) is 37.1 Å². The molecule has 3 N–H and O–H groups in total. The fourth-order valence-electron chi connectivity index (χ4n) is 10.8. The zero-order valence-electron chi connectivity index (χ0n) is 41.4. The molecule has 1 aromatic rings. The number of aryl methyl sites for hydroxylation is 1. The summed E-state index contributed by atoms with van der Waals surface area (Å²) in [6.07, 6.45) is 2.51. The van der Waals surface area contributed by atoms with E-state index >= 15 is 0 Å². The number of amides is 1. The maximum Gasteiger partial charge on any atom is 0.329 e. The summed E-state index contributed by atoms with van der Waals surface area (Å²) in [5.41, 5.74) is 2.73. The van der Waals surface area contributed by atoms with Crippen LogP contribution in [0.25, 0.3) is 0 Å². The molecule has 3 aliphatic heterocycles. The first-order valence-corrected chi connectivity index (χ1v) is 24.4. The van der Waals surface area contributed by atoms with E-state index in [-0.39, 0.29) is 62.2 Å². The number of ketones is 2. The van der Waals surface area contributed by atoms with E-state index in [9.17, 15) is 38.9 Å². The number of rotatable bonds is 10. The van der Waals surface area contributed by atoms with Crippen LogP contribution in [0.2, 0.25) is 0 Å². The fraction of sp³-hybridized carbons (Fsp3) is 0.731. The molecule has 0 spiro atoms. The summed E-state index contributed by atoms with van der Waals surface area (Å²) >= 11 is 0. The van der Waals surface area contributed by atoms with Crippen LogP contribution in [0.1, 0.15) is 129 Å². The zero-order chi connectivity index (χ0) is 49.3. The van der Waals surface area contributed by atoms with Crippen LogP contribution in [0, 0.1) is 42.3 Å². The highest BCUT2D eigenvalue weighted by molar-refractivity contribution is 6.39. The number of piperidine rings is 1. The summed E-state index contributed by atoms with van der Waals surface area (Å²) < 4.78 is 50.5. The first-order valence-electron chi connectivity index (χ1n) is 24.4. The smallest absolute Gasteiger partial charge is 0.329 e. The Balaban J connectivity index is 1.45. The van der Waals surface area contributed by atoms with Gasteiger partial charge in [-0.1, -0.05) is 51.5 Å². The monoisotopic (exact) mass is 944 g/mol. The predicted molar refractivity (Wildman–Crippen MR) is 248 cm³/mol. The third-order valence-corrected chi connectivity index (χ3v) is 14.8. The number of cyclic esters (lactones) is 1. The number of ether oxygens (including phenoxy) is 6. The van der Waals surface area contributed by atoms with Crippen molar-refractivity contribution in [2.45, 2.75) is 180 Å². The number of carbonyl (C=O) groups excluding carboxylic acids is 4. The maximum atomic E-state index is 14.5. The molecule has 1 aliphatic carbocycles. The van der Waals surface area contributed by atoms with E-state index in [1.807, 2.05) is 39.8 Å². The van der Waals surface area contributed by atoms with Crippen molar-refractivity contribution in [2.24, 2.45) is 29.6 Å². The van der Waals surface area contributed by atoms with Gasteiger partial charge in [0, 0.05) is 52.0 Å². The summed E-state index contributed by atoms with van der Waals surface area (Å²) in [5, 5.41) is 34.8. The molecule has 14 nitrogen and oxygen atoms in total. The van der Waals surface area contributed by atoms with Crippen LogP contribution in [-0.4, -0.2) is 133 Å². The maximum absolute atomic E-state index is 14.5. The zero-order valence-corrected chi connectivity index (χ0v) is 41.4. The number of allylic oxidation sites excluding steroid dienone is 3. The standard InChI is InChI=1S/C52H78FNO13/c1-11-36-19-29(2)18-30(3)22-45(63-9)48-46(64-10)24-33(6)52(61,67-48)49(58)50(59)54-17-13-12-14-39(54)51(60)66-47(34(7)40(55)27-41(36)56)32(5)23-35-15-16-43(44(25-35)62-8)65-28-42(57)37-20-31(4)21-38(53)26-37/h19-21,23,26,30,33-36,39-40,42-48,55,57,61H,11-18,22,24-25,27-28H2,1-10H3. The van der Waals surface area contributed by atoms with Gasteiger partial charge in [0.15, 0.2) is 0 Å². The number of fused-ring (bicyclic) bond motifs is 3. The van der Waals surface area contributed by atoms with Crippen molar-refractivity contribution in [3.8, 4) is 0 Å². The van der Waals surface area contributed by atoms with Crippen LogP contribution in [0.4, 0.5) is 4.39 Å². The van der Waals surface area contributed by atoms with Crippen molar-refractivity contribution in [3.63, 3.8) is 0 Å². The number of esters is 1. The number of halogens is 1. The van der Waals surface area contributed by atoms with Crippen LogP contribution in [-0.2, 0) is 47.6 Å². The lowest BCUT2D eigenvalue weighted by atomic mass is 9.81. The van der Waals surface area contributed by atoms with Gasteiger partial charge >= 0.3 is 5.97 Å². The van der Waals surface area contributed by atoms with Gasteiger partial charge in [-0.25, -0.2) is 9.18 Å². The molecule has 1 aromatic carbocycles. The lowest BCUT2D eigenvalue weighted by Crippen LogP contribution is -2.64. The molecule has 1 saturated carbocycles. The van der Waals surface area contributed by atoms with Crippen molar-refractivity contribution in [1.29, 1.82) is 0 Å². The highest BCUT2D eigenvalue weighted by Crippen LogP contribution is 2.39. The Morgan fingerprint density at radius 2 is 1.61 bits per heavy atom. The molecular weight excluding hydrogens is 866 g/mol. The molecule has 376 valence electrons. The van der Waals surface area contributed by atoms with Crippen molar-refractivity contribution in [2.75, 3.05) is 34.5 Å².